The summed E-state index contributed by atoms with van der Waals surface area (Å²) in [6, 6.07) is 14.1. The Hall–Kier alpha value is -3.98. The molecule has 9 heteroatoms. The summed E-state index contributed by atoms with van der Waals surface area (Å²) in [5.74, 6) is -1.68. The quantitative estimate of drug-likeness (QED) is 0.245. The number of carbonyl (C=O) groups excluding carboxylic acids is 2. The summed E-state index contributed by atoms with van der Waals surface area (Å²) in [5.41, 5.74) is 7.24. The number of nitrogens with one attached hydrogen (secondary N) is 1. The Morgan fingerprint density at radius 1 is 1.00 bits per heavy atom. The molecule has 0 fully saturated rings. The lowest BCUT2D eigenvalue weighted by molar-refractivity contribution is -0.152. The zero-order valence-corrected chi connectivity index (χ0v) is 23.8. The average molecular weight is 548 g/mol. The Bertz CT molecular complexity index is 1650. The predicted molar refractivity (Wildman–Crippen MR) is 152 cm³/mol. The molecule has 39 heavy (non-hydrogen) atoms. The van der Waals surface area contributed by atoms with Crippen molar-refractivity contribution in [2.75, 3.05) is 11.9 Å². The van der Waals surface area contributed by atoms with Crippen LogP contribution in [0.25, 0.3) is 11.0 Å². The fourth-order valence-corrected chi connectivity index (χ4v) is 5.95. The van der Waals surface area contributed by atoms with E-state index in [4.69, 9.17) is 9.72 Å². The van der Waals surface area contributed by atoms with Gasteiger partial charge >= 0.3 is 11.9 Å². The normalized spacial score (nSPS) is 11.7. The van der Waals surface area contributed by atoms with E-state index in [0.717, 1.165) is 33.5 Å². The molecule has 0 spiro atoms. The number of fused-ring (bicyclic) bond motifs is 1. The molecule has 0 unspecified atom stereocenters. The van der Waals surface area contributed by atoms with Crippen molar-refractivity contribution in [3.8, 4) is 0 Å². The first kappa shape index (κ1) is 28.0. The number of hydrogen-bond donors (Lipinski definition) is 1. The van der Waals surface area contributed by atoms with Crippen LogP contribution in [0.1, 0.15) is 60.2 Å². The van der Waals surface area contributed by atoms with Gasteiger partial charge in [0.15, 0.2) is 0 Å². The molecule has 1 N–H and O–H groups in total. The lowest BCUT2D eigenvalue weighted by Gasteiger charge is -2.14. The summed E-state index contributed by atoms with van der Waals surface area (Å²) in [7, 11) is -3.80. The first-order valence-electron chi connectivity index (χ1n) is 12.8. The van der Waals surface area contributed by atoms with Gasteiger partial charge in [-0.25, -0.2) is 17.2 Å². The molecule has 4 rings (SSSR count). The highest BCUT2D eigenvalue weighted by Crippen LogP contribution is 2.31. The van der Waals surface area contributed by atoms with Crippen molar-refractivity contribution in [2.45, 2.75) is 58.8 Å². The van der Waals surface area contributed by atoms with Crippen LogP contribution in [0.3, 0.4) is 0 Å². The van der Waals surface area contributed by atoms with Gasteiger partial charge in [0.25, 0.3) is 10.0 Å². The summed E-state index contributed by atoms with van der Waals surface area (Å²) in [6.45, 7) is 11.6. The van der Waals surface area contributed by atoms with Gasteiger partial charge in [-0.15, -0.1) is 0 Å². The number of aromatic nitrogens is 2. The molecule has 2 aromatic carbocycles. The highest BCUT2D eigenvalue weighted by molar-refractivity contribution is 7.90. The number of nitrogens with zero attached hydrogens (tertiary/aromatic N) is 2. The Kier molecular flexibility index (Phi) is 7.92. The number of anilines is 1. The summed E-state index contributed by atoms with van der Waals surface area (Å²) in [6.07, 6.45) is 2.20. The molecule has 2 heterocycles. The average Bonchev–Trinajstić information content (AvgIpc) is 3.27. The largest absolute Gasteiger partial charge is 0.459 e. The molecule has 0 atom stereocenters. The second-order valence-electron chi connectivity index (χ2n) is 9.96. The van der Waals surface area contributed by atoms with Crippen LogP contribution >= 0.6 is 0 Å². The summed E-state index contributed by atoms with van der Waals surface area (Å²) < 4.78 is 33.1. The third-order valence-corrected chi connectivity index (χ3v) is 8.36. The lowest BCUT2D eigenvalue weighted by Crippen LogP contribution is -2.25. The Balaban J connectivity index is 1.69. The molecule has 0 saturated heterocycles. The molecule has 1 amide bonds. The molecule has 0 saturated carbocycles. The first-order valence-corrected chi connectivity index (χ1v) is 14.3. The minimum atomic E-state index is -3.80. The zero-order chi connectivity index (χ0) is 28.5. The molecule has 0 radical (unpaired) electrons. The number of benzene rings is 2. The van der Waals surface area contributed by atoms with Crippen LogP contribution in [0.15, 0.2) is 59.6 Å². The van der Waals surface area contributed by atoms with E-state index in [1.165, 1.54) is 3.97 Å². The van der Waals surface area contributed by atoms with E-state index in [2.05, 4.69) is 5.32 Å². The molecule has 0 aliphatic carbocycles. The maximum absolute atomic E-state index is 13.5. The maximum Gasteiger partial charge on any atom is 0.397 e. The standard InChI is InChI=1S/C30H33N3O5S/c1-7-38-30(35)29(34)32-23-14-20(5)25(21(6)15-23)16-22-10-13-27-28(31-22)26(18(2)3)17-33(27)39(36,37)24-11-8-19(4)9-12-24/h8-15,17-18H,7,16H2,1-6H3,(H,32,34). The third kappa shape index (κ3) is 5.73. The SMILES string of the molecule is CCOC(=O)C(=O)Nc1cc(C)c(Cc2ccc3c(n2)c(C(C)C)cn3S(=O)(=O)c2ccc(C)cc2)c(C)c1. The van der Waals surface area contributed by atoms with Crippen molar-refractivity contribution in [3.05, 3.63) is 88.2 Å². The smallest absolute Gasteiger partial charge is 0.397 e. The van der Waals surface area contributed by atoms with Gasteiger partial charge in [-0.3, -0.25) is 9.78 Å². The summed E-state index contributed by atoms with van der Waals surface area (Å²) >= 11 is 0. The van der Waals surface area contributed by atoms with E-state index in [1.807, 2.05) is 58.9 Å². The Labute approximate surface area is 229 Å². The molecule has 2 aromatic heterocycles. The second kappa shape index (κ2) is 11.0. The van der Waals surface area contributed by atoms with E-state index < -0.39 is 21.9 Å². The number of ether oxygens (including phenoxy) is 1. The van der Waals surface area contributed by atoms with E-state index in [1.54, 1.807) is 37.4 Å². The maximum atomic E-state index is 13.5. The van der Waals surface area contributed by atoms with Gasteiger partial charge in [0.1, 0.15) is 0 Å². The molecule has 0 aliphatic heterocycles. The van der Waals surface area contributed by atoms with E-state index in [0.29, 0.717) is 23.1 Å². The van der Waals surface area contributed by atoms with Crippen LogP contribution in [0.2, 0.25) is 0 Å². The summed E-state index contributed by atoms with van der Waals surface area (Å²) in [4.78, 5) is 28.9. The van der Waals surface area contributed by atoms with Gasteiger partial charge in [-0.05, 0) is 92.3 Å². The molecule has 0 bridgehead atoms. The van der Waals surface area contributed by atoms with Crippen LogP contribution in [-0.4, -0.2) is 35.9 Å². The van der Waals surface area contributed by atoms with Gasteiger partial charge < -0.3 is 10.1 Å². The fourth-order valence-electron chi connectivity index (χ4n) is 4.59. The van der Waals surface area contributed by atoms with E-state index in [9.17, 15) is 18.0 Å². The van der Waals surface area contributed by atoms with Crippen molar-refractivity contribution in [1.82, 2.24) is 8.96 Å². The second-order valence-corrected chi connectivity index (χ2v) is 11.8. The number of esters is 1. The van der Waals surface area contributed by atoms with Gasteiger partial charge in [0.05, 0.1) is 22.5 Å². The first-order chi connectivity index (χ1) is 18.4. The number of carbonyl (C=O) groups is 2. The molecule has 204 valence electrons. The van der Waals surface area contributed by atoms with Crippen LogP contribution < -0.4 is 5.32 Å². The molecule has 8 nitrogen and oxygen atoms in total. The predicted octanol–water partition coefficient (Wildman–Crippen LogP) is 5.41. The van der Waals surface area contributed by atoms with E-state index in [-0.39, 0.29) is 17.4 Å². The van der Waals surface area contributed by atoms with Crippen LogP contribution in [0, 0.1) is 20.8 Å². The van der Waals surface area contributed by atoms with Crippen molar-refractivity contribution < 1.29 is 22.7 Å². The van der Waals surface area contributed by atoms with Crippen LogP contribution in [-0.2, 0) is 30.8 Å². The minimum absolute atomic E-state index is 0.0653. The summed E-state index contributed by atoms with van der Waals surface area (Å²) in [5, 5.41) is 2.59. The van der Waals surface area contributed by atoms with Crippen molar-refractivity contribution in [1.29, 1.82) is 0 Å². The van der Waals surface area contributed by atoms with E-state index >= 15 is 0 Å². The van der Waals surface area contributed by atoms with Crippen molar-refractivity contribution in [2.24, 2.45) is 0 Å². The van der Waals surface area contributed by atoms with Crippen LogP contribution in [0.4, 0.5) is 5.69 Å². The fraction of sp³-hybridized carbons (Fsp3) is 0.300. The minimum Gasteiger partial charge on any atom is -0.459 e. The number of hydrogen-bond acceptors (Lipinski definition) is 6. The van der Waals surface area contributed by atoms with Crippen molar-refractivity contribution >= 4 is 38.6 Å². The topological polar surface area (TPSA) is 107 Å². The van der Waals surface area contributed by atoms with Gasteiger partial charge in [-0.1, -0.05) is 31.5 Å². The Morgan fingerprint density at radius 2 is 1.64 bits per heavy atom. The van der Waals surface area contributed by atoms with Crippen LogP contribution in [0.5, 0.6) is 0 Å². The number of amides is 1. The number of rotatable bonds is 7. The van der Waals surface area contributed by atoms with Gasteiger partial charge in [0, 0.05) is 24.0 Å². The van der Waals surface area contributed by atoms with Crippen molar-refractivity contribution in [3.63, 3.8) is 0 Å². The zero-order valence-electron chi connectivity index (χ0n) is 23.0. The monoisotopic (exact) mass is 547 g/mol. The molecular formula is C30H33N3O5S. The number of aryl methyl sites for hydroxylation is 3. The Morgan fingerprint density at radius 3 is 2.23 bits per heavy atom. The third-order valence-electron chi connectivity index (χ3n) is 6.67. The van der Waals surface area contributed by atoms with Gasteiger partial charge in [0.2, 0.25) is 0 Å². The molecule has 0 aliphatic rings. The molecule has 4 aromatic rings. The van der Waals surface area contributed by atoms with Gasteiger partial charge in [-0.2, -0.15) is 0 Å². The highest BCUT2D eigenvalue weighted by atomic mass is 32.2. The lowest BCUT2D eigenvalue weighted by atomic mass is 9.97. The molecular weight excluding hydrogens is 514 g/mol. The highest BCUT2D eigenvalue weighted by Gasteiger charge is 2.23. The number of pyridine rings is 1.